The predicted octanol–water partition coefficient (Wildman–Crippen LogP) is 0.872. The quantitative estimate of drug-likeness (QED) is 0.780. The number of hydrogen-bond donors (Lipinski definition) is 2. The molecule has 0 bridgehead atoms. The summed E-state index contributed by atoms with van der Waals surface area (Å²) in [5.74, 6) is -2.00. The van der Waals surface area contributed by atoms with Crippen LogP contribution in [0.15, 0.2) is 30.3 Å². The van der Waals surface area contributed by atoms with Crippen molar-refractivity contribution in [1.82, 2.24) is 15.1 Å². The normalized spacial score (nSPS) is 22.8. The van der Waals surface area contributed by atoms with Gasteiger partial charge in [0.1, 0.15) is 18.1 Å². The lowest BCUT2D eigenvalue weighted by molar-refractivity contribution is -0.152. The van der Waals surface area contributed by atoms with Crippen LogP contribution in [0.5, 0.6) is 0 Å². The number of carbonyl (C=O) groups is 4. The van der Waals surface area contributed by atoms with Crippen LogP contribution in [0, 0.1) is 0 Å². The fourth-order valence-electron chi connectivity index (χ4n) is 3.95. The molecule has 2 fully saturated rings. The van der Waals surface area contributed by atoms with Gasteiger partial charge in [0.25, 0.3) is 5.91 Å². The van der Waals surface area contributed by atoms with Gasteiger partial charge < -0.3 is 20.2 Å². The summed E-state index contributed by atoms with van der Waals surface area (Å²) in [7, 11) is 0. The highest BCUT2D eigenvalue weighted by Gasteiger charge is 2.42. The second-order valence-electron chi connectivity index (χ2n) is 7.28. The van der Waals surface area contributed by atoms with Crippen molar-refractivity contribution in [3.8, 4) is 0 Å². The Labute approximate surface area is 163 Å². The number of carboxylic acid groups (broad SMARTS) is 1. The lowest BCUT2D eigenvalue weighted by atomic mass is 10.1. The summed E-state index contributed by atoms with van der Waals surface area (Å²) in [5, 5.41) is 12.0. The van der Waals surface area contributed by atoms with E-state index in [1.165, 1.54) is 9.80 Å². The third-order valence-electron chi connectivity index (χ3n) is 5.40. The van der Waals surface area contributed by atoms with Gasteiger partial charge in [0, 0.05) is 18.7 Å². The second-order valence-corrected chi connectivity index (χ2v) is 7.28. The molecule has 3 atom stereocenters. The van der Waals surface area contributed by atoms with Crippen molar-refractivity contribution >= 4 is 23.7 Å². The van der Waals surface area contributed by atoms with E-state index < -0.39 is 24.1 Å². The van der Waals surface area contributed by atoms with E-state index in [-0.39, 0.29) is 17.7 Å². The minimum absolute atomic E-state index is 0.308. The first-order chi connectivity index (χ1) is 13.4. The Hall–Kier alpha value is -2.90. The average Bonchev–Trinajstić information content (AvgIpc) is 3.37. The van der Waals surface area contributed by atoms with Gasteiger partial charge in [-0.05, 0) is 44.7 Å². The molecule has 0 unspecified atom stereocenters. The second kappa shape index (κ2) is 8.41. The molecule has 1 aromatic carbocycles. The Morgan fingerprint density at radius 2 is 1.61 bits per heavy atom. The topological polar surface area (TPSA) is 107 Å². The van der Waals surface area contributed by atoms with E-state index in [4.69, 9.17) is 0 Å². The van der Waals surface area contributed by atoms with E-state index in [1.807, 2.05) is 0 Å². The largest absolute Gasteiger partial charge is 0.480 e. The molecule has 2 aliphatic heterocycles. The molecule has 2 heterocycles. The monoisotopic (exact) mass is 387 g/mol. The molecule has 0 aliphatic carbocycles. The van der Waals surface area contributed by atoms with Crippen molar-refractivity contribution in [3.63, 3.8) is 0 Å². The first-order valence-corrected chi connectivity index (χ1v) is 9.60. The first-order valence-electron chi connectivity index (χ1n) is 9.60. The summed E-state index contributed by atoms with van der Waals surface area (Å²) in [6.07, 6.45) is 2.26. The molecule has 0 spiro atoms. The zero-order valence-corrected chi connectivity index (χ0v) is 15.8. The van der Waals surface area contributed by atoms with Crippen LogP contribution < -0.4 is 5.32 Å². The SMILES string of the molecule is C[C@H](NC(=O)c1ccccc1)C(=O)N1CCC[C@H]1C(=O)N1CCC[C@H]1C(=O)O. The summed E-state index contributed by atoms with van der Waals surface area (Å²) in [4.78, 5) is 52.4. The minimum atomic E-state index is -1.01. The fourth-order valence-corrected chi connectivity index (χ4v) is 3.95. The number of likely N-dealkylation sites (tertiary alicyclic amines) is 2. The summed E-state index contributed by atoms with van der Waals surface area (Å²) in [6, 6.07) is 6.34. The average molecular weight is 387 g/mol. The molecule has 3 rings (SSSR count). The highest BCUT2D eigenvalue weighted by Crippen LogP contribution is 2.25. The number of benzene rings is 1. The van der Waals surface area contributed by atoms with Crippen LogP contribution in [0.4, 0.5) is 0 Å². The first kappa shape index (κ1) is 19.9. The summed E-state index contributed by atoms with van der Waals surface area (Å²) >= 11 is 0. The number of nitrogens with one attached hydrogen (secondary N) is 1. The molecule has 8 heteroatoms. The molecule has 3 amide bonds. The molecule has 1 aromatic rings. The van der Waals surface area contributed by atoms with E-state index in [0.717, 1.165) is 0 Å². The molecule has 0 radical (unpaired) electrons. The number of hydrogen-bond acceptors (Lipinski definition) is 4. The molecular formula is C20H25N3O5. The van der Waals surface area contributed by atoms with E-state index in [1.54, 1.807) is 37.3 Å². The smallest absolute Gasteiger partial charge is 0.326 e. The lowest BCUT2D eigenvalue weighted by Gasteiger charge is -2.31. The van der Waals surface area contributed by atoms with Crippen LogP contribution in [0.25, 0.3) is 0 Å². The van der Waals surface area contributed by atoms with Crippen LogP contribution >= 0.6 is 0 Å². The van der Waals surface area contributed by atoms with Gasteiger partial charge in [-0.2, -0.15) is 0 Å². The van der Waals surface area contributed by atoms with E-state index >= 15 is 0 Å². The minimum Gasteiger partial charge on any atom is -0.480 e. The van der Waals surface area contributed by atoms with Crippen LogP contribution in [0.3, 0.4) is 0 Å². The lowest BCUT2D eigenvalue weighted by Crippen LogP contribution is -2.54. The highest BCUT2D eigenvalue weighted by atomic mass is 16.4. The van der Waals surface area contributed by atoms with Gasteiger partial charge in [-0.15, -0.1) is 0 Å². The van der Waals surface area contributed by atoms with Crippen molar-refractivity contribution in [2.75, 3.05) is 13.1 Å². The zero-order chi connectivity index (χ0) is 20.3. The number of carboxylic acids is 1. The van der Waals surface area contributed by atoms with E-state index in [9.17, 15) is 24.3 Å². The van der Waals surface area contributed by atoms with Crippen molar-refractivity contribution < 1.29 is 24.3 Å². The number of amides is 3. The standard InChI is InChI=1S/C20H25N3O5/c1-13(21-17(24)14-7-3-2-4-8-14)18(25)22-11-5-9-15(22)19(26)23-12-6-10-16(23)20(27)28/h2-4,7-8,13,15-16H,5-6,9-12H2,1H3,(H,21,24)(H,27,28)/t13-,15-,16-/m0/s1. The Balaban J connectivity index is 1.66. The summed E-state index contributed by atoms with van der Waals surface area (Å²) in [6.45, 7) is 2.42. The van der Waals surface area contributed by atoms with Gasteiger partial charge in [0.2, 0.25) is 11.8 Å². The maximum absolute atomic E-state index is 12.9. The van der Waals surface area contributed by atoms with Crippen molar-refractivity contribution in [1.29, 1.82) is 0 Å². The molecule has 0 saturated carbocycles. The van der Waals surface area contributed by atoms with Crippen LogP contribution in [-0.2, 0) is 14.4 Å². The number of nitrogens with zero attached hydrogens (tertiary/aromatic N) is 2. The van der Waals surface area contributed by atoms with Gasteiger partial charge in [0.05, 0.1) is 0 Å². The fraction of sp³-hybridized carbons (Fsp3) is 0.500. The maximum Gasteiger partial charge on any atom is 0.326 e. The number of carbonyl (C=O) groups excluding carboxylic acids is 3. The van der Waals surface area contributed by atoms with E-state index in [0.29, 0.717) is 44.3 Å². The zero-order valence-electron chi connectivity index (χ0n) is 15.8. The van der Waals surface area contributed by atoms with Crippen LogP contribution in [0.1, 0.15) is 43.0 Å². The molecular weight excluding hydrogens is 362 g/mol. The van der Waals surface area contributed by atoms with Gasteiger partial charge in [0.15, 0.2) is 0 Å². The molecule has 28 heavy (non-hydrogen) atoms. The summed E-state index contributed by atoms with van der Waals surface area (Å²) < 4.78 is 0. The Bertz CT molecular complexity index is 766. The van der Waals surface area contributed by atoms with Crippen LogP contribution in [0.2, 0.25) is 0 Å². The Morgan fingerprint density at radius 3 is 2.25 bits per heavy atom. The van der Waals surface area contributed by atoms with E-state index in [2.05, 4.69) is 5.32 Å². The molecule has 150 valence electrons. The molecule has 2 aliphatic rings. The Morgan fingerprint density at radius 1 is 1.00 bits per heavy atom. The predicted molar refractivity (Wildman–Crippen MR) is 100 cm³/mol. The molecule has 0 aromatic heterocycles. The molecule has 2 N–H and O–H groups in total. The van der Waals surface area contributed by atoms with Crippen molar-refractivity contribution in [2.24, 2.45) is 0 Å². The van der Waals surface area contributed by atoms with Gasteiger partial charge >= 0.3 is 5.97 Å². The summed E-state index contributed by atoms with van der Waals surface area (Å²) in [5.41, 5.74) is 0.456. The molecule has 8 nitrogen and oxygen atoms in total. The van der Waals surface area contributed by atoms with Gasteiger partial charge in [-0.25, -0.2) is 4.79 Å². The van der Waals surface area contributed by atoms with Crippen LogP contribution in [-0.4, -0.2) is 69.8 Å². The third kappa shape index (κ3) is 4.00. The maximum atomic E-state index is 12.9. The third-order valence-corrected chi connectivity index (χ3v) is 5.40. The Kier molecular flexibility index (Phi) is 5.96. The highest BCUT2D eigenvalue weighted by molar-refractivity contribution is 5.98. The van der Waals surface area contributed by atoms with Crippen molar-refractivity contribution in [2.45, 2.75) is 50.7 Å². The molecule has 2 saturated heterocycles. The number of aliphatic carboxylic acids is 1. The van der Waals surface area contributed by atoms with Gasteiger partial charge in [-0.1, -0.05) is 18.2 Å². The van der Waals surface area contributed by atoms with Gasteiger partial charge in [-0.3, -0.25) is 14.4 Å². The number of rotatable bonds is 5. The van der Waals surface area contributed by atoms with Crippen molar-refractivity contribution in [3.05, 3.63) is 35.9 Å².